The summed E-state index contributed by atoms with van der Waals surface area (Å²) in [6.45, 7) is 2.16. The average Bonchev–Trinajstić information content (AvgIpc) is 2.32. The summed E-state index contributed by atoms with van der Waals surface area (Å²) in [5, 5.41) is 0. The van der Waals surface area contributed by atoms with Crippen LogP contribution < -0.4 is 10.5 Å². The molecule has 1 aromatic rings. The van der Waals surface area contributed by atoms with E-state index >= 15 is 0 Å². The standard InChI is InChI=1S/C12H19FN2O3S/c1-3-4-10(8-18-2)15-19(16,17)12-7-9(14)5-6-11(12)13/h5-7,10,15H,3-4,8,14H2,1-2H3. The number of methoxy groups -OCH3 is 1. The minimum absolute atomic E-state index is 0.195. The van der Waals surface area contributed by atoms with Crippen molar-refractivity contribution in [1.29, 1.82) is 0 Å². The van der Waals surface area contributed by atoms with Gasteiger partial charge in [0, 0.05) is 18.8 Å². The monoisotopic (exact) mass is 290 g/mol. The van der Waals surface area contributed by atoms with Gasteiger partial charge < -0.3 is 10.5 Å². The number of benzene rings is 1. The van der Waals surface area contributed by atoms with Crippen LogP contribution in [0.5, 0.6) is 0 Å². The van der Waals surface area contributed by atoms with E-state index in [-0.39, 0.29) is 18.3 Å². The van der Waals surface area contributed by atoms with Crippen molar-refractivity contribution >= 4 is 15.7 Å². The molecule has 3 N–H and O–H groups in total. The maximum Gasteiger partial charge on any atom is 0.243 e. The number of anilines is 1. The van der Waals surface area contributed by atoms with E-state index in [2.05, 4.69) is 4.72 Å². The van der Waals surface area contributed by atoms with Crippen LogP contribution in [0, 0.1) is 5.82 Å². The molecule has 0 heterocycles. The van der Waals surface area contributed by atoms with Gasteiger partial charge in [0.2, 0.25) is 10.0 Å². The second-order valence-electron chi connectivity index (χ2n) is 4.25. The molecule has 0 aliphatic rings. The Kier molecular flexibility index (Phi) is 5.71. The molecule has 1 atom stereocenters. The molecule has 0 saturated heterocycles. The first-order valence-electron chi connectivity index (χ1n) is 5.97. The van der Waals surface area contributed by atoms with E-state index in [4.69, 9.17) is 10.5 Å². The van der Waals surface area contributed by atoms with Gasteiger partial charge >= 0.3 is 0 Å². The Morgan fingerprint density at radius 2 is 2.16 bits per heavy atom. The molecule has 7 heteroatoms. The molecule has 0 amide bonds. The van der Waals surface area contributed by atoms with E-state index in [0.717, 1.165) is 18.6 Å². The Morgan fingerprint density at radius 1 is 1.47 bits per heavy atom. The molecule has 19 heavy (non-hydrogen) atoms. The third-order valence-electron chi connectivity index (χ3n) is 2.57. The van der Waals surface area contributed by atoms with Gasteiger partial charge in [0.15, 0.2) is 0 Å². The van der Waals surface area contributed by atoms with Gasteiger partial charge in [-0.1, -0.05) is 13.3 Å². The van der Waals surface area contributed by atoms with E-state index in [0.29, 0.717) is 6.42 Å². The highest BCUT2D eigenvalue weighted by Gasteiger charge is 2.23. The van der Waals surface area contributed by atoms with Crippen molar-refractivity contribution in [3.63, 3.8) is 0 Å². The van der Waals surface area contributed by atoms with Gasteiger partial charge in [0.05, 0.1) is 6.61 Å². The van der Waals surface area contributed by atoms with Crippen LogP contribution in [0.3, 0.4) is 0 Å². The predicted molar refractivity (Wildman–Crippen MR) is 71.7 cm³/mol. The predicted octanol–water partition coefficient (Wildman–Crippen LogP) is 1.50. The second kappa shape index (κ2) is 6.83. The Hall–Kier alpha value is -1.18. The van der Waals surface area contributed by atoms with E-state index in [1.165, 1.54) is 13.2 Å². The molecule has 0 saturated carbocycles. The first-order valence-corrected chi connectivity index (χ1v) is 7.45. The van der Waals surface area contributed by atoms with Crippen LogP contribution in [0.4, 0.5) is 10.1 Å². The number of nitrogens with two attached hydrogens (primary N) is 1. The molecule has 1 rings (SSSR count). The Balaban J connectivity index is 2.99. The van der Waals surface area contributed by atoms with Crippen LogP contribution in [-0.4, -0.2) is 28.2 Å². The van der Waals surface area contributed by atoms with E-state index in [9.17, 15) is 12.8 Å². The molecule has 0 aliphatic heterocycles. The Morgan fingerprint density at radius 3 is 2.74 bits per heavy atom. The largest absolute Gasteiger partial charge is 0.399 e. The van der Waals surface area contributed by atoms with Crippen molar-refractivity contribution in [3.8, 4) is 0 Å². The van der Waals surface area contributed by atoms with Crippen molar-refractivity contribution in [2.24, 2.45) is 0 Å². The van der Waals surface area contributed by atoms with E-state index in [1.54, 1.807) is 0 Å². The lowest BCUT2D eigenvalue weighted by molar-refractivity contribution is 0.171. The third-order valence-corrected chi connectivity index (χ3v) is 4.11. The molecule has 1 unspecified atom stereocenters. The number of rotatable bonds is 7. The van der Waals surface area contributed by atoms with Gasteiger partial charge in [-0.2, -0.15) is 0 Å². The molecule has 0 bridgehead atoms. The van der Waals surface area contributed by atoms with E-state index < -0.39 is 20.7 Å². The number of halogens is 1. The number of hydrogen-bond acceptors (Lipinski definition) is 4. The zero-order chi connectivity index (χ0) is 14.5. The maximum atomic E-state index is 13.6. The Bertz CT molecular complexity index is 514. The van der Waals surface area contributed by atoms with Crippen LogP contribution in [0.1, 0.15) is 19.8 Å². The highest BCUT2D eigenvalue weighted by Crippen LogP contribution is 2.18. The zero-order valence-electron chi connectivity index (χ0n) is 11.0. The SMILES string of the molecule is CCCC(COC)NS(=O)(=O)c1cc(N)ccc1F. The summed E-state index contributed by atoms with van der Waals surface area (Å²) in [5.74, 6) is -0.825. The van der Waals surface area contributed by atoms with Crippen LogP contribution >= 0.6 is 0 Å². The smallest absolute Gasteiger partial charge is 0.243 e. The maximum absolute atomic E-state index is 13.6. The van der Waals surface area contributed by atoms with Crippen LogP contribution in [-0.2, 0) is 14.8 Å². The normalized spacial score (nSPS) is 13.4. The summed E-state index contributed by atoms with van der Waals surface area (Å²) in [6, 6.07) is 3.07. The van der Waals surface area contributed by atoms with Crippen molar-refractivity contribution in [2.45, 2.75) is 30.7 Å². The average molecular weight is 290 g/mol. The fourth-order valence-electron chi connectivity index (χ4n) is 1.73. The molecular formula is C12H19FN2O3S. The number of ether oxygens (including phenoxy) is 1. The van der Waals surface area contributed by atoms with Crippen molar-refractivity contribution < 1.29 is 17.5 Å². The van der Waals surface area contributed by atoms with Gasteiger partial charge in [-0.15, -0.1) is 0 Å². The lowest BCUT2D eigenvalue weighted by atomic mass is 10.2. The molecule has 108 valence electrons. The summed E-state index contributed by atoms with van der Waals surface area (Å²) in [7, 11) is -2.46. The summed E-state index contributed by atoms with van der Waals surface area (Å²) in [5.41, 5.74) is 5.68. The fourth-order valence-corrected chi connectivity index (χ4v) is 3.10. The molecule has 0 aliphatic carbocycles. The highest BCUT2D eigenvalue weighted by molar-refractivity contribution is 7.89. The fraction of sp³-hybridized carbons (Fsp3) is 0.500. The van der Waals surface area contributed by atoms with Crippen LogP contribution in [0.2, 0.25) is 0 Å². The topological polar surface area (TPSA) is 81.4 Å². The molecule has 0 fully saturated rings. The van der Waals surface area contributed by atoms with Gasteiger partial charge in [-0.05, 0) is 24.6 Å². The minimum atomic E-state index is -3.94. The number of hydrogen-bond donors (Lipinski definition) is 2. The summed E-state index contributed by atoms with van der Waals surface area (Å²) in [6.07, 6.45) is 1.40. The molecule has 0 spiro atoms. The Labute approximate surface area is 113 Å². The highest BCUT2D eigenvalue weighted by atomic mass is 32.2. The lowest BCUT2D eigenvalue weighted by Gasteiger charge is -2.17. The second-order valence-corrected chi connectivity index (χ2v) is 5.93. The van der Waals surface area contributed by atoms with Gasteiger partial charge in [0.25, 0.3) is 0 Å². The van der Waals surface area contributed by atoms with Crippen molar-refractivity contribution in [3.05, 3.63) is 24.0 Å². The summed E-state index contributed by atoms with van der Waals surface area (Å²) < 4.78 is 45.2. The zero-order valence-corrected chi connectivity index (χ0v) is 11.8. The summed E-state index contributed by atoms with van der Waals surface area (Å²) in [4.78, 5) is -0.440. The first-order chi connectivity index (χ1) is 8.90. The van der Waals surface area contributed by atoms with Crippen molar-refractivity contribution in [2.75, 3.05) is 19.5 Å². The lowest BCUT2D eigenvalue weighted by Crippen LogP contribution is -2.38. The number of nitrogens with one attached hydrogen (secondary N) is 1. The van der Waals surface area contributed by atoms with Crippen LogP contribution in [0.15, 0.2) is 23.1 Å². The quantitative estimate of drug-likeness (QED) is 0.746. The van der Waals surface area contributed by atoms with Crippen LogP contribution in [0.25, 0.3) is 0 Å². The molecule has 0 aromatic heterocycles. The van der Waals surface area contributed by atoms with E-state index in [1.807, 2.05) is 6.92 Å². The number of sulfonamides is 1. The first kappa shape index (κ1) is 15.9. The molecule has 0 radical (unpaired) electrons. The molecule has 1 aromatic carbocycles. The van der Waals surface area contributed by atoms with Gasteiger partial charge in [-0.25, -0.2) is 17.5 Å². The molecule has 5 nitrogen and oxygen atoms in total. The molecular weight excluding hydrogens is 271 g/mol. The van der Waals surface area contributed by atoms with Crippen molar-refractivity contribution in [1.82, 2.24) is 4.72 Å². The van der Waals surface area contributed by atoms with Gasteiger partial charge in [-0.3, -0.25) is 0 Å². The summed E-state index contributed by atoms with van der Waals surface area (Å²) >= 11 is 0. The minimum Gasteiger partial charge on any atom is -0.399 e. The third kappa shape index (κ3) is 4.45. The number of nitrogen functional groups attached to an aromatic ring is 1. The van der Waals surface area contributed by atoms with Gasteiger partial charge in [0.1, 0.15) is 10.7 Å².